The van der Waals surface area contributed by atoms with E-state index in [9.17, 15) is 9.00 Å². The summed E-state index contributed by atoms with van der Waals surface area (Å²) in [5, 5.41) is 5.75. The van der Waals surface area contributed by atoms with E-state index >= 15 is 0 Å². The second-order valence-corrected chi connectivity index (χ2v) is 6.48. The third-order valence-electron chi connectivity index (χ3n) is 1.80. The van der Waals surface area contributed by atoms with Crippen LogP contribution in [0.3, 0.4) is 0 Å². The molecule has 6 heteroatoms. The topological polar surface area (TPSA) is 67.4 Å². The fourth-order valence-corrected chi connectivity index (χ4v) is 1.68. The van der Waals surface area contributed by atoms with Gasteiger partial charge in [0.1, 0.15) is 5.60 Å². The summed E-state index contributed by atoms with van der Waals surface area (Å²) in [6, 6.07) is 0. The van der Waals surface area contributed by atoms with E-state index < -0.39 is 22.5 Å². The van der Waals surface area contributed by atoms with Gasteiger partial charge in [0.25, 0.3) is 0 Å². The Morgan fingerprint density at radius 2 is 1.88 bits per heavy atom. The van der Waals surface area contributed by atoms with Crippen LogP contribution in [0.15, 0.2) is 0 Å². The van der Waals surface area contributed by atoms with E-state index in [-0.39, 0.29) is 0 Å². The molecule has 0 fully saturated rings. The second-order valence-electron chi connectivity index (χ2n) is 4.61. The Labute approximate surface area is 106 Å². The predicted octanol–water partition coefficient (Wildman–Crippen LogP) is 0.869. The van der Waals surface area contributed by atoms with Crippen molar-refractivity contribution >= 4 is 16.9 Å². The van der Waals surface area contributed by atoms with Crippen LogP contribution in [0.5, 0.6) is 0 Å². The van der Waals surface area contributed by atoms with Crippen molar-refractivity contribution in [1.82, 2.24) is 10.6 Å². The van der Waals surface area contributed by atoms with Gasteiger partial charge in [-0.1, -0.05) is 6.92 Å². The van der Waals surface area contributed by atoms with Crippen LogP contribution >= 0.6 is 0 Å². The summed E-state index contributed by atoms with van der Waals surface area (Å²) in [4.78, 5) is 11.2. The lowest BCUT2D eigenvalue weighted by Crippen LogP contribution is -2.37. The van der Waals surface area contributed by atoms with Gasteiger partial charge in [-0.05, 0) is 20.8 Å². The summed E-state index contributed by atoms with van der Waals surface area (Å²) >= 11 is 0. The molecule has 102 valence electrons. The lowest BCUT2D eigenvalue weighted by atomic mass is 10.2. The van der Waals surface area contributed by atoms with E-state index in [0.29, 0.717) is 31.1 Å². The summed E-state index contributed by atoms with van der Waals surface area (Å²) < 4.78 is 16.2. The van der Waals surface area contributed by atoms with Crippen LogP contribution in [0.1, 0.15) is 27.7 Å². The summed E-state index contributed by atoms with van der Waals surface area (Å²) in [6.45, 7) is 9.24. The second kappa shape index (κ2) is 8.47. The van der Waals surface area contributed by atoms with E-state index in [1.165, 1.54) is 0 Å². The van der Waals surface area contributed by atoms with Gasteiger partial charge in [0.05, 0.1) is 0 Å². The zero-order valence-electron chi connectivity index (χ0n) is 11.2. The van der Waals surface area contributed by atoms with Crippen molar-refractivity contribution in [3.8, 4) is 0 Å². The number of hydrogen-bond donors (Lipinski definition) is 2. The molecule has 17 heavy (non-hydrogen) atoms. The molecule has 2 N–H and O–H groups in total. The summed E-state index contributed by atoms with van der Waals surface area (Å²) in [7, 11) is -0.729. The third kappa shape index (κ3) is 11.6. The first-order valence-corrected chi connectivity index (χ1v) is 7.36. The van der Waals surface area contributed by atoms with Crippen LogP contribution in [0.2, 0.25) is 0 Å². The number of alkyl carbamates (subject to hydrolysis) is 1. The number of nitrogens with one attached hydrogen (secondary N) is 2. The average molecular weight is 264 g/mol. The number of ether oxygens (including phenoxy) is 1. The van der Waals surface area contributed by atoms with Gasteiger partial charge in [-0.3, -0.25) is 4.21 Å². The number of carbonyl (C=O) groups is 1. The minimum atomic E-state index is -0.729. The standard InChI is InChI=1S/C11H24N2O3S/c1-5-17(15)9-8-12-6-7-13-10(14)16-11(2,3)4/h12H,5-9H2,1-4H3,(H,13,14). The number of amides is 1. The van der Waals surface area contributed by atoms with Gasteiger partial charge in [0.15, 0.2) is 0 Å². The van der Waals surface area contributed by atoms with E-state index in [1.54, 1.807) is 0 Å². The Hall–Kier alpha value is -0.620. The predicted molar refractivity (Wildman–Crippen MR) is 70.7 cm³/mol. The monoisotopic (exact) mass is 264 g/mol. The smallest absolute Gasteiger partial charge is 0.407 e. The largest absolute Gasteiger partial charge is 0.444 e. The third-order valence-corrected chi connectivity index (χ3v) is 3.10. The lowest BCUT2D eigenvalue weighted by molar-refractivity contribution is 0.0528. The highest BCUT2D eigenvalue weighted by Gasteiger charge is 2.15. The quantitative estimate of drug-likeness (QED) is 0.670. The highest BCUT2D eigenvalue weighted by atomic mass is 32.2. The molecule has 0 bridgehead atoms. The van der Waals surface area contributed by atoms with E-state index in [1.807, 2.05) is 27.7 Å². The van der Waals surface area contributed by atoms with Crippen LogP contribution in [-0.4, -0.2) is 47.0 Å². The number of hydrogen-bond acceptors (Lipinski definition) is 4. The van der Waals surface area contributed by atoms with Gasteiger partial charge in [-0.15, -0.1) is 0 Å². The Balaban J connectivity index is 3.40. The van der Waals surface area contributed by atoms with Gasteiger partial charge < -0.3 is 15.4 Å². The number of carbonyl (C=O) groups excluding carboxylic acids is 1. The minimum Gasteiger partial charge on any atom is -0.444 e. The van der Waals surface area contributed by atoms with E-state index in [2.05, 4.69) is 10.6 Å². The van der Waals surface area contributed by atoms with Crippen molar-refractivity contribution in [1.29, 1.82) is 0 Å². The molecule has 1 unspecified atom stereocenters. The van der Waals surface area contributed by atoms with Crippen LogP contribution in [0.4, 0.5) is 4.79 Å². The van der Waals surface area contributed by atoms with Crippen molar-refractivity contribution in [3.63, 3.8) is 0 Å². The molecule has 5 nitrogen and oxygen atoms in total. The molecular formula is C11H24N2O3S. The maximum Gasteiger partial charge on any atom is 0.407 e. The molecule has 0 heterocycles. The zero-order chi connectivity index (χ0) is 13.3. The molecule has 1 atom stereocenters. The average Bonchev–Trinajstić information content (AvgIpc) is 2.20. The summed E-state index contributed by atoms with van der Waals surface area (Å²) in [5.74, 6) is 1.35. The van der Waals surface area contributed by atoms with Crippen LogP contribution < -0.4 is 10.6 Å². The molecule has 0 saturated carbocycles. The molecule has 0 aliphatic rings. The fraction of sp³-hybridized carbons (Fsp3) is 0.909. The maximum atomic E-state index is 11.2. The first-order chi connectivity index (χ1) is 7.85. The molecule has 0 aromatic carbocycles. The molecule has 0 aromatic heterocycles. The highest BCUT2D eigenvalue weighted by Crippen LogP contribution is 2.05. The Kier molecular flexibility index (Phi) is 8.16. The number of rotatable bonds is 7. The van der Waals surface area contributed by atoms with Crippen LogP contribution in [-0.2, 0) is 15.5 Å². The van der Waals surface area contributed by atoms with Gasteiger partial charge in [0, 0.05) is 41.9 Å². The van der Waals surface area contributed by atoms with Crippen LogP contribution in [0, 0.1) is 0 Å². The lowest BCUT2D eigenvalue weighted by Gasteiger charge is -2.19. The molecule has 0 aromatic rings. The molecule has 0 aliphatic carbocycles. The molecule has 0 aliphatic heterocycles. The molecule has 0 rings (SSSR count). The normalized spacial score (nSPS) is 13.2. The highest BCUT2D eigenvalue weighted by molar-refractivity contribution is 7.84. The molecule has 1 amide bonds. The Morgan fingerprint density at radius 1 is 1.24 bits per heavy atom. The fourth-order valence-electron chi connectivity index (χ4n) is 1.02. The Morgan fingerprint density at radius 3 is 2.41 bits per heavy atom. The van der Waals surface area contributed by atoms with Gasteiger partial charge >= 0.3 is 6.09 Å². The van der Waals surface area contributed by atoms with E-state index in [4.69, 9.17) is 4.74 Å². The Bertz CT molecular complexity index is 252. The van der Waals surface area contributed by atoms with E-state index in [0.717, 1.165) is 0 Å². The molecule has 0 saturated heterocycles. The zero-order valence-corrected chi connectivity index (χ0v) is 12.0. The molecular weight excluding hydrogens is 240 g/mol. The van der Waals surface area contributed by atoms with Crippen molar-refractivity contribution in [2.45, 2.75) is 33.3 Å². The van der Waals surface area contributed by atoms with Gasteiger partial charge in [0.2, 0.25) is 0 Å². The van der Waals surface area contributed by atoms with Gasteiger partial charge in [-0.2, -0.15) is 0 Å². The van der Waals surface area contributed by atoms with Crippen molar-refractivity contribution in [2.75, 3.05) is 31.1 Å². The first kappa shape index (κ1) is 16.4. The van der Waals surface area contributed by atoms with Crippen molar-refractivity contribution in [3.05, 3.63) is 0 Å². The van der Waals surface area contributed by atoms with Gasteiger partial charge in [-0.25, -0.2) is 4.79 Å². The first-order valence-electron chi connectivity index (χ1n) is 5.87. The maximum absolute atomic E-state index is 11.2. The molecule has 0 spiro atoms. The van der Waals surface area contributed by atoms with Crippen molar-refractivity contribution in [2.24, 2.45) is 0 Å². The van der Waals surface area contributed by atoms with Crippen molar-refractivity contribution < 1.29 is 13.7 Å². The van der Waals surface area contributed by atoms with Crippen LogP contribution in [0.25, 0.3) is 0 Å². The minimum absolute atomic E-state index is 0.406. The summed E-state index contributed by atoms with van der Waals surface area (Å²) in [5.41, 5.74) is -0.463. The summed E-state index contributed by atoms with van der Waals surface area (Å²) in [6.07, 6.45) is -0.406. The molecule has 0 radical (unpaired) electrons. The SMILES string of the molecule is CCS(=O)CCNCCNC(=O)OC(C)(C)C.